The van der Waals surface area contributed by atoms with Gasteiger partial charge in [0.1, 0.15) is 17.8 Å². The van der Waals surface area contributed by atoms with Crippen LogP contribution >= 0.6 is 0 Å². The Morgan fingerprint density at radius 3 is 1.83 bits per heavy atom. The average Bonchev–Trinajstić information content (AvgIpc) is 2.63. The van der Waals surface area contributed by atoms with Crippen LogP contribution in [0.3, 0.4) is 0 Å². The molecule has 30 heavy (non-hydrogen) atoms. The Labute approximate surface area is 183 Å². The fraction of sp³-hybridized carbons (Fsp3) is 0.917. The van der Waals surface area contributed by atoms with Crippen LogP contribution in [-0.4, -0.2) is 36.7 Å². The molecule has 0 saturated heterocycles. The van der Waals surface area contributed by atoms with Gasteiger partial charge in [-0.2, -0.15) is 0 Å². The molecule has 0 amide bonds. The number of carbonyl (C=O) groups is 2. The van der Waals surface area contributed by atoms with Gasteiger partial charge in [-0.1, -0.05) is 58.8 Å². The highest BCUT2D eigenvalue weighted by atomic mass is 16.8. The van der Waals surface area contributed by atoms with E-state index < -0.39 is 30.1 Å². The van der Waals surface area contributed by atoms with E-state index >= 15 is 0 Å². The third-order valence-corrected chi connectivity index (χ3v) is 5.17. The summed E-state index contributed by atoms with van der Waals surface area (Å²) in [6.07, 6.45) is 10.4. The highest BCUT2D eigenvalue weighted by Gasteiger charge is 2.33. The highest BCUT2D eigenvalue weighted by molar-refractivity contribution is 5.61. The zero-order chi connectivity index (χ0) is 22.4. The quantitative estimate of drug-likeness (QED) is 0.242. The highest BCUT2D eigenvalue weighted by Crippen LogP contribution is 2.25. The van der Waals surface area contributed by atoms with Gasteiger partial charge in [-0.05, 0) is 58.8 Å². The molecular weight excluding hydrogens is 384 g/mol. The van der Waals surface area contributed by atoms with E-state index in [-0.39, 0.29) is 0 Å². The van der Waals surface area contributed by atoms with Crippen LogP contribution in [0.5, 0.6) is 0 Å². The van der Waals surface area contributed by atoms with Gasteiger partial charge in [-0.15, -0.1) is 0 Å². The van der Waals surface area contributed by atoms with E-state index in [1.807, 2.05) is 0 Å². The smallest absolute Gasteiger partial charge is 0.434 e. The summed E-state index contributed by atoms with van der Waals surface area (Å²) in [7, 11) is 0. The van der Waals surface area contributed by atoms with E-state index in [1.165, 1.54) is 38.5 Å². The van der Waals surface area contributed by atoms with Crippen molar-refractivity contribution in [3.63, 3.8) is 0 Å². The summed E-state index contributed by atoms with van der Waals surface area (Å²) < 4.78 is 21.3. The Kier molecular flexibility index (Phi) is 12.9. The van der Waals surface area contributed by atoms with Gasteiger partial charge >= 0.3 is 12.3 Å². The molecule has 176 valence electrons. The maximum atomic E-state index is 12.0. The summed E-state index contributed by atoms with van der Waals surface area (Å²) in [5.74, 6) is 0.801. The Balaban J connectivity index is 2.14. The molecule has 1 rings (SSSR count). The van der Waals surface area contributed by atoms with Gasteiger partial charge in [0.15, 0.2) is 0 Å². The molecule has 0 heterocycles. The second-order valence-corrected chi connectivity index (χ2v) is 9.82. The van der Waals surface area contributed by atoms with Gasteiger partial charge in [0.2, 0.25) is 0 Å². The monoisotopic (exact) mass is 428 g/mol. The molecule has 0 bridgehead atoms. The Bertz CT molecular complexity index is 483. The van der Waals surface area contributed by atoms with Crippen molar-refractivity contribution in [2.75, 3.05) is 6.61 Å². The second-order valence-electron chi connectivity index (χ2n) is 9.82. The largest absolute Gasteiger partial charge is 0.509 e. The SMILES string of the molecule is CC(C)CCCCCCCCCOC(=O)OC1CCCCC1OC(=O)OC(C)(C)C. The normalized spacial score (nSPS) is 19.4. The van der Waals surface area contributed by atoms with Gasteiger partial charge in [0, 0.05) is 0 Å². The molecule has 0 radical (unpaired) electrons. The van der Waals surface area contributed by atoms with Crippen molar-refractivity contribution in [1.29, 1.82) is 0 Å². The van der Waals surface area contributed by atoms with Crippen molar-refractivity contribution in [3.05, 3.63) is 0 Å². The van der Waals surface area contributed by atoms with E-state index in [4.69, 9.17) is 18.9 Å². The molecule has 0 aromatic rings. The maximum absolute atomic E-state index is 12.0. The van der Waals surface area contributed by atoms with Crippen LogP contribution in [0.1, 0.15) is 112 Å². The predicted molar refractivity (Wildman–Crippen MR) is 118 cm³/mol. The van der Waals surface area contributed by atoms with Crippen LogP contribution < -0.4 is 0 Å². The average molecular weight is 429 g/mol. The van der Waals surface area contributed by atoms with Crippen molar-refractivity contribution in [3.8, 4) is 0 Å². The van der Waals surface area contributed by atoms with Crippen molar-refractivity contribution < 1.29 is 28.5 Å². The van der Waals surface area contributed by atoms with E-state index in [9.17, 15) is 9.59 Å². The Morgan fingerprint density at radius 1 is 0.800 bits per heavy atom. The minimum absolute atomic E-state index is 0.372. The molecule has 1 fully saturated rings. The molecule has 2 atom stereocenters. The lowest BCUT2D eigenvalue weighted by Gasteiger charge is -2.31. The minimum atomic E-state index is -0.722. The van der Waals surface area contributed by atoms with Crippen LogP contribution in [-0.2, 0) is 18.9 Å². The van der Waals surface area contributed by atoms with Crippen molar-refractivity contribution in [2.24, 2.45) is 5.92 Å². The van der Waals surface area contributed by atoms with Gasteiger partial charge in [0.25, 0.3) is 0 Å². The van der Waals surface area contributed by atoms with E-state index in [2.05, 4.69) is 13.8 Å². The Morgan fingerprint density at radius 2 is 1.30 bits per heavy atom. The minimum Gasteiger partial charge on any atom is -0.434 e. The number of hydrogen-bond donors (Lipinski definition) is 0. The number of carbonyl (C=O) groups excluding carboxylic acids is 2. The molecule has 0 aliphatic heterocycles. The first-order chi connectivity index (χ1) is 14.2. The molecule has 0 N–H and O–H groups in total. The van der Waals surface area contributed by atoms with Crippen molar-refractivity contribution in [1.82, 2.24) is 0 Å². The lowest BCUT2D eigenvalue weighted by molar-refractivity contribution is -0.0854. The summed E-state index contributed by atoms with van der Waals surface area (Å²) in [4.78, 5) is 23.9. The first kappa shape index (κ1) is 26.6. The molecule has 6 nitrogen and oxygen atoms in total. The molecule has 0 aromatic carbocycles. The first-order valence-corrected chi connectivity index (χ1v) is 11.9. The third kappa shape index (κ3) is 13.7. The summed E-state index contributed by atoms with van der Waals surface area (Å²) in [5.41, 5.74) is -0.616. The maximum Gasteiger partial charge on any atom is 0.509 e. The van der Waals surface area contributed by atoms with Gasteiger partial charge in [-0.25, -0.2) is 9.59 Å². The van der Waals surface area contributed by atoms with Gasteiger partial charge < -0.3 is 18.9 Å². The van der Waals surface area contributed by atoms with Crippen LogP contribution in [0, 0.1) is 5.92 Å². The Hall–Kier alpha value is -1.46. The lowest BCUT2D eigenvalue weighted by atomic mass is 9.95. The van der Waals surface area contributed by atoms with E-state index in [0.29, 0.717) is 19.4 Å². The molecule has 0 aromatic heterocycles. The predicted octanol–water partition coefficient (Wildman–Crippen LogP) is 7.18. The summed E-state index contributed by atoms with van der Waals surface area (Å²) in [6.45, 7) is 10.3. The standard InChI is InChI=1S/C24H44O6/c1-19(2)15-11-9-7-6-8-10-14-18-27-22(25)28-20-16-12-13-17-21(20)29-23(26)30-24(3,4)5/h19-21H,6-18H2,1-5H3. The fourth-order valence-electron chi connectivity index (χ4n) is 3.58. The summed E-state index contributed by atoms with van der Waals surface area (Å²) in [5, 5.41) is 0. The van der Waals surface area contributed by atoms with Gasteiger partial charge in [0.05, 0.1) is 6.61 Å². The second kappa shape index (κ2) is 14.5. The summed E-state index contributed by atoms with van der Waals surface area (Å²) in [6, 6.07) is 0. The molecule has 6 heteroatoms. The fourth-order valence-corrected chi connectivity index (χ4v) is 3.58. The van der Waals surface area contributed by atoms with E-state index in [1.54, 1.807) is 20.8 Å². The van der Waals surface area contributed by atoms with Crippen molar-refractivity contribution >= 4 is 12.3 Å². The number of rotatable bonds is 12. The zero-order valence-corrected chi connectivity index (χ0v) is 19.9. The van der Waals surface area contributed by atoms with Crippen LogP contribution in [0.2, 0.25) is 0 Å². The van der Waals surface area contributed by atoms with Crippen LogP contribution in [0.15, 0.2) is 0 Å². The molecule has 1 aliphatic carbocycles. The lowest BCUT2D eigenvalue weighted by Crippen LogP contribution is -2.39. The number of unbranched alkanes of at least 4 members (excludes halogenated alkanes) is 6. The molecular formula is C24H44O6. The summed E-state index contributed by atoms with van der Waals surface area (Å²) >= 11 is 0. The molecule has 0 spiro atoms. The number of hydrogen-bond acceptors (Lipinski definition) is 6. The van der Waals surface area contributed by atoms with E-state index in [0.717, 1.165) is 31.6 Å². The van der Waals surface area contributed by atoms with Gasteiger partial charge in [-0.3, -0.25) is 0 Å². The number of ether oxygens (including phenoxy) is 4. The molecule has 1 aliphatic rings. The van der Waals surface area contributed by atoms with Crippen LogP contribution in [0.25, 0.3) is 0 Å². The van der Waals surface area contributed by atoms with Crippen molar-refractivity contribution in [2.45, 2.75) is 129 Å². The molecule has 2 unspecified atom stereocenters. The first-order valence-electron chi connectivity index (χ1n) is 11.9. The topological polar surface area (TPSA) is 71.1 Å². The zero-order valence-electron chi connectivity index (χ0n) is 19.9. The third-order valence-electron chi connectivity index (χ3n) is 5.17. The van der Waals surface area contributed by atoms with Crippen LogP contribution in [0.4, 0.5) is 9.59 Å². The molecule has 1 saturated carbocycles.